The van der Waals surface area contributed by atoms with E-state index in [1.807, 2.05) is 20.8 Å². The van der Waals surface area contributed by atoms with E-state index in [-0.39, 0.29) is 24.3 Å². The van der Waals surface area contributed by atoms with Gasteiger partial charge in [0.2, 0.25) is 17.7 Å². The molecule has 0 aliphatic carbocycles. The predicted molar refractivity (Wildman–Crippen MR) is 77.8 cm³/mol. The molecular weight excluding hydrogens is 258 g/mol. The molecule has 0 aromatic heterocycles. The van der Waals surface area contributed by atoms with Crippen LogP contribution in [0.4, 0.5) is 0 Å². The van der Waals surface area contributed by atoms with Crippen LogP contribution in [-0.4, -0.2) is 54.2 Å². The quantitative estimate of drug-likeness (QED) is 0.709. The standard InChI is InChI=1S/C14H27N3O3/c1-6-7-12(18)16(4)9-13(19)17(5)11(14(15)20)8-10(2)3/h10-11H,6-9H2,1-5H3,(H2,15,20). The molecule has 1 unspecified atom stereocenters. The van der Waals surface area contributed by atoms with Crippen molar-refractivity contribution in [2.75, 3.05) is 20.6 Å². The zero-order chi connectivity index (χ0) is 15.9. The number of primary amides is 1. The Labute approximate surface area is 121 Å². The molecule has 1 atom stereocenters. The van der Waals surface area contributed by atoms with Gasteiger partial charge in [-0.1, -0.05) is 20.8 Å². The molecule has 0 saturated heterocycles. The van der Waals surface area contributed by atoms with Crippen LogP contribution < -0.4 is 5.73 Å². The first-order valence-electron chi connectivity index (χ1n) is 6.99. The average molecular weight is 285 g/mol. The second kappa shape index (κ2) is 8.55. The first-order chi connectivity index (χ1) is 9.20. The number of rotatable bonds is 8. The number of nitrogens with two attached hydrogens (primary N) is 1. The summed E-state index contributed by atoms with van der Waals surface area (Å²) < 4.78 is 0. The molecule has 20 heavy (non-hydrogen) atoms. The molecule has 3 amide bonds. The molecule has 0 radical (unpaired) electrons. The van der Waals surface area contributed by atoms with Crippen molar-refractivity contribution in [1.82, 2.24) is 9.80 Å². The van der Waals surface area contributed by atoms with Crippen LogP contribution in [0.25, 0.3) is 0 Å². The van der Waals surface area contributed by atoms with Gasteiger partial charge in [-0.3, -0.25) is 14.4 Å². The second-order valence-electron chi connectivity index (χ2n) is 5.55. The maximum atomic E-state index is 12.1. The highest BCUT2D eigenvalue weighted by molar-refractivity contribution is 5.89. The van der Waals surface area contributed by atoms with Crippen molar-refractivity contribution in [2.24, 2.45) is 11.7 Å². The molecule has 0 aliphatic rings. The summed E-state index contributed by atoms with van der Waals surface area (Å²) in [5.41, 5.74) is 5.35. The smallest absolute Gasteiger partial charge is 0.242 e. The van der Waals surface area contributed by atoms with E-state index in [0.717, 1.165) is 6.42 Å². The Kier molecular flexibility index (Phi) is 7.87. The highest BCUT2D eigenvalue weighted by atomic mass is 16.2. The van der Waals surface area contributed by atoms with Crippen LogP contribution in [0.3, 0.4) is 0 Å². The normalized spacial score (nSPS) is 12.1. The summed E-state index contributed by atoms with van der Waals surface area (Å²) >= 11 is 0. The van der Waals surface area contributed by atoms with E-state index in [0.29, 0.717) is 12.8 Å². The lowest BCUT2D eigenvalue weighted by molar-refractivity contribution is -0.142. The first kappa shape index (κ1) is 18.4. The predicted octanol–water partition coefficient (Wildman–Crippen LogP) is 0.603. The van der Waals surface area contributed by atoms with Gasteiger partial charge in [0.25, 0.3) is 0 Å². The maximum absolute atomic E-state index is 12.1. The van der Waals surface area contributed by atoms with Gasteiger partial charge in [0.1, 0.15) is 6.04 Å². The van der Waals surface area contributed by atoms with E-state index in [9.17, 15) is 14.4 Å². The molecule has 2 N–H and O–H groups in total. The summed E-state index contributed by atoms with van der Waals surface area (Å²) in [7, 11) is 3.14. The molecule has 0 aromatic rings. The lowest BCUT2D eigenvalue weighted by Crippen LogP contribution is -2.49. The van der Waals surface area contributed by atoms with Gasteiger partial charge in [0.05, 0.1) is 6.54 Å². The second-order valence-corrected chi connectivity index (χ2v) is 5.55. The van der Waals surface area contributed by atoms with Crippen molar-refractivity contribution in [2.45, 2.75) is 46.1 Å². The molecule has 0 aromatic carbocycles. The maximum Gasteiger partial charge on any atom is 0.242 e. The molecule has 0 aliphatic heterocycles. The van der Waals surface area contributed by atoms with Crippen LogP contribution in [0.5, 0.6) is 0 Å². The van der Waals surface area contributed by atoms with E-state index < -0.39 is 11.9 Å². The Morgan fingerprint density at radius 2 is 1.65 bits per heavy atom. The van der Waals surface area contributed by atoms with Crippen molar-refractivity contribution in [1.29, 1.82) is 0 Å². The van der Waals surface area contributed by atoms with Crippen molar-refractivity contribution in [3.05, 3.63) is 0 Å². The van der Waals surface area contributed by atoms with Gasteiger partial charge in [-0.2, -0.15) is 0 Å². The third-order valence-corrected chi connectivity index (χ3v) is 3.15. The van der Waals surface area contributed by atoms with E-state index >= 15 is 0 Å². The van der Waals surface area contributed by atoms with Crippen LogP contribution in [0.2, 0.25) is 0 Å². The third-order valence-electron chi connectivity index (χ3n) is 3.15. The van der Waals surface area contributed by atoms with Crippen molar-refractivity contribution < 1.29 is 14.4 Å². The molecule has 0 rings (SSSR count). The van der Waals surface area contributed by atoms with Gasteiger partial charge < -0.3 is 15.5 Å². The summed E-state index contributed by atoms with van der Waals surface area (Å²) in [5, 5.41) is 0. The minimum absolute atomic E-state index is 0.0305. The van der Waals surface area contributed by atoms with Crippen LogP contribution in [-0.2, 0) is 14.4 Å². The molecule has 0 spiro atoms. The van der Waals surface area contributed by atoms with Crippen molar-refractivity contribution in [3.63, 3.8) is 0 Å². The fourth-order valence-electron chi connectivity index (χ4n) is 1.89. The SMILES string of the molecule is CCCC(=O)N(C)CC(=O)N(C)C(CC(C)C)C(N)=O. The molecule has 116 valence electrons. The van der Waals surface area contributed by atoms with E-state index in [1.54, 1.807) is 14.1 Å². The first-order valence-corrected chi connectivity index (χ1v) is 6.99. The molecule has 0 fully saturated rings. The summed E-state index contributed by atoms with van der Waals surface area (Å²) in [5.74, 6) is -0.616. The molecular formula is C14H27N3O3. The fraction of sp³-hybridized carbons (Fsp3) is 0.786. The van der Waals surface area contributed by atoms with Crippen LogP contribution in [0, 0.1) is 5.92 Å². The topological polar surface area (TPSA) is 83.7 Å². The van der Waals surface area contributed by atoms with Gasteiger partial charge >= 0.3 is 0 Å². The highest BCUT2D eigenvalue weighted by Gasteiger charge is 2.26. The summed E-state index contributed by atoms with van der Waals surface area (Å²) in [6.07, 6.45) is 1.67. The summed E-state index contributed by atoms with van der Waals surface area (Å²) in [6.45, 7) is 5.80. The molecule has 6 nitrogen and oxygen atoms in total. The largest absolute Gasteiger partial charge is 0.368 e. The Morgan fingerprint density at radius 3 is 2.05 bits per heavy atom. The third kappa shape index (κ3) is 6.04. The van der Waals surface area contributed by atoms with Gasteiger partial charge in [-0.25, -0.2) is 0 Å². The molecule has 0 heterocycles. The molecule has 6 heteroatoms. The summed E-state index contributed by atoms with van der Waals surface area (Å²) in [6, 6.07) is -0.628. The fourth-order valence-corrected chi connectivity index (χ4v) is 1.89. The monoisotopic (exact) mass is 285 g/mol. The lowest BCUT2D eigenvalue weighted by atomic mass is 10.0. The lowest BCUT2D eigenvalue weighted by Gasteiger charge is -2.28. The van der Waals surface area contributed by atoms with Crippen LogP contribution in [0.1, 0.15) is 40.0 Å². The number of carbonyl (C=O) groups is 3. The van der Waals surface area contributed by atoms with Gasteiger partial charge in [0, 0.05) is 20.5 Å². The Morgan fingerprint density at radius 1 is 1.10 bits per heavy atom. The zero-order valence-corrected chi connectivity index (χ0v) is 13.2. The number of amides is 3. The van der Waals surface area contributed by atoms with Crippen LogP contribution in [0.15, 0.2) is 0 Å². The van der Waals surface area contributed by atoms with E-state index in [4.69, 9.17) is 5.73 Å². The molecule has 0 saturated carbocycles. The van der Waals surface area contributed by atoms with Gasteiger partial charge in [-0.05, 0) is 18.8 Å². The Balaban J connectivity index is 4.65. The average Bonchev–Trinajstić information content (AvgIpc) is 2.34. The number of hydrogen-bond donors (Lipinski definition) is 1. The summed E-state index contributed by atoms with van der Waals surface area (Å²) in [4.78, 5) is 37.9. The minimum Gasteiger partial charge on any atom is -0.368 e. The zero-order valence-electron chi connectivity index (χ0n) is 13.2. The van der Waals surface area contributed by atoms with Crippen molar-refractivity contribution in [3.8, 4) is 0 Å². The minimum atomic E-state index is -0.628. The van der Waals surface area contributed by atoms with E-state index in [1.165, 1.54) is 9.80 Å². The number of nitrogens with zero attached hydrogens (tertiary/aromatic N) is 2. The number of hydrogen-bond acceptors (Lipinski definition) is 3. The molecule has 0 bridgehead atoms. The van der Waals surface area contributed by atoms with Crippen LogP contribution >= 0.6 is 0 Å². The Bertz CT molecular complexity index is 356. The van der Waals surface area contributed by atoms with Crippen molar-refractivity contribution >= 4 is 17.7 Å². The number of carbonyl (C=O) groups excluding carboxylic acids is 3. The van der Waals surface area contributed by atoms with E-state index in [2.05, 4.69) is 0 Å². The number of likely N-dealkylation sites (N-methyl/N-ethyl adjacent to an activating group) is 2. The highest BCUT2D eigenvalue weighted by Crippen LogP contribution is 2.10. The Hall–Kier alpha value is -1.59. The van der Waals surface area contributed by atoms with Gasteiger partial charge in [0.15, 0.2) is 0 Å². The van der Waals surface area contributed by atoms with Gasteiger partial charge in [-0.15, -0.1) is 0 Å².